The Morgan fingerprint density at radius 2 is 1.54 bits per heavy atom. The van der Waals surface area contributed by atoms with Crippen molar-refractivity contribution >= 4 is 23.8 Å². The first-order valence-corrected chi connectivity index (χ1v) is 7.44. The number of carbonyl (C=O) groups is 4. The van der Waals surface area contributed by atoms with Gasteiger partial charge >= 0.3 is 11.9 Å². The van der Waals surface area contributed by atoms with Gasteiger partial charge in [0.15, 0.2) is 6.04 Å². The van der Waals surface area contributed by atoms with Crippen LogP contribution < -0.4 is 16.4 Å². The summed E-state index contributed by atoms with van der Waals surface area (Å²) in [5, 5.41) is 31.5. The molecule has 0 aromatic rings. The fraction of sp³-hybridized carbons (Fsp3) is 0.714. The minimum absolute atomic E-state index is 0.0217. The number of hydrogen-bond acceptors (Lipinski definition) is 6. The molecule has 0 heterocycles. The first kappa shape index (κ1) is 21.8. The number of carboxylic acids is 2. The van der Waals surface area contributed by atoms with Crippen LogP contribution in [-0.4, -0.2) is 63.3 Å². The number of aliphatic hydroxyl groups excluding tert-OH is 1. The Kier molecular flexibility index (Phi) is 8.93. The van der Waals surface area contributed by atoms with Gasteiger partial charge in [0.2, 0.25) is 11.8 Å². The zero-order valence-corrected chi connectivity index (χ0v) is 13.9. The van der Waals surface area contributed by atoms with E-state index in [2.05, 4.69) is 10.6 Å². The molecule has 0 aliphatic rings. The average molecular weight is 347 g/mol. The van der Waals surface area contributed by atoms with Crippen molar-refractivity contribution in [1.82, 2.24) is 10.6 Å². The molecule has 4 unspecified atom stereocenters. The van der Waals surface area contributed by atoms with Gasteiger partial charge in [0.1, 0.15) is 6.04 Å². The van der Waals surface area contributed by atoms with E-state index in [-0.39, 0.29) is 12.3 Å². The molecule has 0 aliphatic heterocycles. The Labute approximate surface area is 139 Å². The summed E-state index contributed by atoms with van der Waals surface area (Å²) < 4.78 is 0. The molecule has 0 saturated carbocycles. The van der Waals surface area contributed by atoms with Crippen molar-refractivity contribution in [3.8, 4) is 0 Å². The van der Waals surface area contributed by atoms with Gasteiger partial charge in [-0.2, -0.15) is 0 Å². The third kappa shape index (κ3) is 7.88. The van der Waals surface area contributed by atoms with E-state index < -0.39 is 54.4 Å². The van der Waals surface area contributed by atoms with E-state index in [9.17, 15) is 24.3 Å². The largest absolute Gasteiger partial charge is 0.481 e. The maximum Gasteiger partial charge on any atom is 0.328 e. The molecule has 24 heavy (non-hydrogen) atoms. The van der Waals surface area contributed by atoms with Gasteiger partial charge in [-0.3, -0.25) is 14.4 Å². The van der Waals surface area contributed by atoms with Crippen LogP contribution in [0.4, 0.5) is 0 Å². The van der Waals surface area contributed by atoms with Gasteiger partial charge in [-0.1, -0.05) is 13.8 Å². The van der Waals surface area contributed by atoms with Crippen LogP contribution in [0.2, 0.25) is 0 Å². The standard InChI is InChI=1S/C14H25N3O7/c1-6(2)4-9(16-12(21)8(15)5-10(19)20)13(22)17-11(7(3)18)14(23)24/h6-9,11,18H,4-5,15H2,1-3H3,(H,16,21)(H,17,22)(H,19,20)(H,23,24). The molecule has 10 nitrogen and oxygen atoms in total. The fourth-order valence-electron chi connectivity index (χ4n) is 1.91. The van der Waals surface area contributed by atoms with Crippen LogP contribution >= 0.6 is 0 Å². The Balaban J connectivity index is 5.04. The molecule has 10 heteroatoms. The molecule has 7 N–H and O–H groups in total. The van der Waals surface area contributed by atoms with Crippen LogP contribution in [0.3, 0.4) is 0 Å². The van der Waals surface area contributed by atoms with Gasteiger partial charge in [0, 0.05) is 0 Å². The van der Waals surface area contributed by atoms with Crippen molar-refractivity contribution in [1.29, 1.82) is 0 Å². The van der Waals surface area contributed by atoms with E-state index in [4.69, 9.17) is 15.9 Å². The van der Waals surface area contributed by atoms with Crippen molar-refractivity contribution in [2.75, 3.05) is 0 Å². The van der Waals surface area contributed by atoms with Crippen molar-refractivity contribution < 1.29 is 34.5 Å². The minimum Gasteiger partial charge on any atom is -0.481 e. The van der Waals surface area contributed by atoms with Crippen LogP contribution in [0.1, 0.15) is 33.6 Å². The maximum absolute atomic E-state index is 12.2. The molecule has 4 atom stereocenters. The van der Waals surface area contributed by atoms with Crippen LogP contribution in [0.5, 0.6) is 0 Å². The third-order valence-electron chi connectivity index (χ3n) is 3.12. The molecule has 0 saturated heterocycles. The van der Waals surface area contributed by atoms with E-state index >= 15 is 0 Å². The van der Waals surface area contributed by atoms with Crippen molar-refractivity contribution in [3.63, 3.8) is 0 Å². The Morgan fingerprint density at radius 3 is 1.92 bits per heavy atom. The number of amides is 2. The Bertz CT molecular complexity index is 479. The summed E-state index contributed by atoms with van der Waals surface area (Å²) in [5.41, 5.74) is 5.44. The summed E-state index contributed by atoms with van der Waals surface area (Å²) in [4.78, 5) is 45.7. The molecule has 0 rings (SSSR count). The van der Waals surface area contributed by atoms with Gasteiger partial charge in [-0.25, -0.2) is 4.79 Å². The number of aliphatic carboxylic acids is 2. The van der Waals surface area contributed by atoms with Crippen LogP contribution in [0, 0.1) is 5.92 Å². The van der Waals surface area contributed by atoms with Crippen molar-refractivity contribution in [2.45, 2.75) is 57.8 Å². The predicted molar refractivity (Wildman–Crippen MR) is 82.9 cm³/mol. The lowest BCUT2D eigenvalue weighted by Crippen LogP contribution is -2.57. The van der Waals surface area contributed by atoms with E-state index in [0.717, 1.165) is 0 Å². The molecule has 0 fully saturated rings. The quantitative estimate of drug-likeness (QED) is 0.270. The van der Waals surface area contributed by atoms with E-state index in [0.29, 0.717) is 0 Å². The van der Waals surface area contributed by atoms with Gasteiger partial charge in [-0.15, -0.1) is 0 Å². The fourth-order valence-corrected chi connectivity index (χ4v) is 1.91. The van der Waals surface area contributed by atoms with E-state index in [1.165, 1.54) is 6.92 Å². The molecular formula is C14H25N3O7. The number of rotatable bonds is 10. The molecule has 0 aromatic heterocycles. The van der Waals surface area contributed by atoms with Crippen LogP contribution in [0.15, 0.2) is 0 Å². The number of carboxylic acid groups (broad SMARTS) is 2. The lowest BCUT2D eigenvalue weighted by molar-refractivity contribution is -0.145. The number of nitrogens with two attached hydrogens (primary N) is 1. The minimum atomic E-state index is -1.53. The average Bonchev–Trinajstić information content (AvgIpc) is 2.41. The lowest BCUT2D eigenvalue weighted by Gasteiger charge is -2.24. The van der Waals surface area contributed by atoms with Gasteiger partial charge in [0.05, 0.1) is 18.6 Å². The zero-order valence-electron chi connectivity index (χ0n) is 13.9. The third-order valence-corrected chi connectivity index (χ3v) is 3.12. The lowest BCUT2D eigenvalue weighted by atomic mass is 10.0. The van der Waals surface area contributed by atoms with Crippen LogP contribution in [0.25, 0.3) is 0 Å². The topological polar surface area (TPSA) is 179 Å². The normalized spacial score (nSPS) is 15.9. The molecule has 0 spiro atoms. The number of nitrogens with one attached hydrogen (secondary N) is 2. The summed E-state index contributed by atoms with van der Waals surface area (Å²) in [5.74, 6) is -4.33. The second-order valence-electron chi connectivity index (χ2n) is 5.96. The first-order chi connectivity index (χ1) is 11.0. The van der Waals surface area contributed by atoms with E-state index in [1.807, 2.05) is 0 Å². The summed E-state index contributed by atoms with van der Waals surface area (Å²) in [7, 11) is 0. The first-order valence-electron chi connectivity index (χ1n) is 7.44. The van der Waals surface area contributed by atoms with Crippen molar-refractivity contribution in [2.24, 2.45) is 11.7 Å². The Hall–Kier alpha value is -2.20. The molecule has 2 amide bonds. The van der Waals surface area contributed by atoms with Gasteiger partial charge in [-0.05, 0) is 19.3 Å². The zero-order chi connectivity index (χ0) is 19.0. The SMILES string of the molecule is CC(C)CC(NC(=O)C(N)CC(=O)O)C(=O)NC(C(=O)O)C(C)O. The summed E-state index contributed by atoms with van der Waals surface area (Å²) in [6.45, 7) is 4.78. The molecule has 0 bridgehead atoms. The number of aliphatic hydroxyl groups is 1. The van der Waals surface area contributed by atoms with E-state index in [1.54, 1.807) is 13.8 Å². The summed E-state index contributed by atoms with van der Waals surface area (Å²) in [6.07, 6.45) is -1.76. The summed E-state index contributed by atoms with van der Waals surface area (Å²) in [6, 6.07) is -3.97. The molecule has 0 aliphatic carbocycles. The molecular weight excluding hydrogens is 322 g/mol. The number of hydrogen-bond donors (Lipinski definition) is 6. The molecule has 0 radical (unpaired) electrons. The smallest absolute Gasteiger partial charge is 0.328 e. The highest BCUT2D eigenvalue weighted by Crippen LogP contribution is 2.07. The van der Waals surface area contributed by atoms with Gasteiger partial charge < -0.3 is 31.7 Å². The van der Waals surface area contributed by atoms with Gasteiger partial charge in [0.25, 0.3) is 0 Å². The Morgan fingerprint density at radius 1 is 1.00 bits per heavy atom. The number of carbonyl (C=O) groups excluding carboxylic acids is 2. The van der Waals surface area contributed by atoms with Crippen molar-refractivity contribution in [3.05, 3.63) is 0 Å². The molecule has 0 aromatic carbocycles. The monoisotopic (exact) mass is 347 g/mol. The highest BCUT2D eigenvalue weighted by molar-refractivity contribution is 5.93. The predicted octanol–water partition coefficient (Wildman–Crippen LogP) is -1.73. The van der Waals surface area contributed by atoms with Crippen LogP contribution in [-0.2, 0) is 19.2 Å². The maximum atomic E-state index is 12.2. The molecule has 138 valence electrons. The highest BCUT2D eigenvalue weighted by atomic mass is 16.4. The second kappa shape index (κ2) is 9.83. The summed E-state index contributed by atoms with van der Waals surface area (Å²) >= 11 is 0. The second-order valence-corrected chi connectivity index (χ2v) is 5.96. The highest BCUT2D eigenvalue weighted by Gasteiger charge is 2.30.